The first-order valence-corrected chi connectivity index (χ1v) is 8.35. The zero-order chi connectivity index (χ0) is 17.6. The number of amides is 1. The van der Waals surface area contributed by atoms with Crippen molar-refractivity contribution in [2.75, 3.05) is 6.61 Å². The standard InChI is InChI=1S/C18H15BrFN3O2/c19-16-11-23(15-4-2-1-3-5-15)22-18(16)25-12-17(24)21-10-13-6-8-14(20)9-7-13/h1-9,11H,10,12H2,(H,21,24). The summed E-state index contributed by atoms with van der Waals surface area (Å²) in [5, 5.41) is 7.02. The molecule has 0 saturated carbocycles. The van der Waals surface area contributed by atoms with Crippen LogP contribution in [0.4, 0.5) is 4.39 Å². The second-order valence-corrected chi connectivity index (χ2v) is 6.11. The number of halogens is 2. The molecule has 0 radical (unpaired) electrons. The van der Waals surface area contributed by atoms with Gasteiger partial charge in [0.25, 0.3) is 5.91 Å². The minimum absolute atomic E-state index is 0.161. The lowest BCUT2D eigenvalue weighted by atomic mass is 10.2. The van der Waals surface area contributed by atoms with Crippen molar-refractivity contribution in [3.8, 4) is 11.6 Å². The lowest BCUT2D eigenvalue weighted by Crippen LogP contribution is -2.28. The predicted octanol–water partition coefficient (Wildman–Crippen LogP) is 3.47. The molecule has 0 spiro atoms. The second kappa shape index (κ2) is 7.94. The highest BCUT2D eigenvalue weighted by atomic mass is 79.9. The minimum Gasteiger partial charge on any atom is -0.466 e. The molecule has 1 aromatic heterocycles. The van der Waals surface area contributed by atoms with Gasteiger partial charge in [-0.15, -0.1) is 5.10 Å². The first-order valence-electron chi connectivity index (χ1n) is 7.56. The molecule has 0 aliphatic heterocycles. The van der Waals surface area contributed by atoms with Crippen LogP contribution in [0, 0.1) is 5.82 Å². The van der Waals surface area contributed by atoms with E-state index in [0.29, 0.717) is 16.9 Å². The monoisotopic (exact) mass is 403 g/mol. The van der Waals surface area contributed by atoms with Crippen molar-refractivity contribution in [3.05, 3.63) is 76.6 Å². The van der Waals surface area contributed by atoms with Gasteiger partial charge in [0.05, 0.1) is 10.2 Å². The molecular formula is C18H15BrFN3O2. The molecule has 7 heteroatoms. The van der Waals surface area contributed by atoms with Crippen LogP contribution in [0.3, 0.4) is 0 Å². The number of aromatic nitrogens is 2. The maximum absolute atomic E-state index is 12.8. The predicted molar refractivity (Wildman–Crippen MR) is 95.0 cm³/mol. The molecule has 1 N–H and O–H groups in total. The van der Waals surface area contributed by atoms with Gasteiger partial charge in [0.15, 0.2) is 6.61 Å². The fourth-order valence-electron chi connectivity index (χ4n) is 2.14. The van der Waals surface area contributed by atoms with Crippen molar-refractivity contribution in [1.29, 1.82) is 0 Å². The first-order chi connectivity index (χ1) is 12.1. The maximum atomic E-state index is 12.8. The van der Waals surface area contributed by atoms with Gasteiger partial charge >= 0.3 is 0 Å². The SMILES string of the molecule is O=C(COc1nn(-c2ccccc2)cc1Br)NCc1ccc(F)cc1. The van der Waals surface area contributed by atoms with Crippen LogP contribution in [-0.4, -0.2) is 22.3 Å². The zero-order valence-corrected chi connectivity index (χ0v) is 14.7. The third kappa shape index (κ3) is 4.67. The molecule has 0 aliphatic carbocycles. The zero-order valence-electron chi connectivity index (χ0n) is 13.2. The number of hydrogen-bond acceptors (Lipinski definition) is 3. The van der Waals surface area contributed by atoms with E-state index in [2.05, 4.69) is 26.3 Å². The molecule has 128 valence electrons. The molecule has 0 unspecified atom stereocenters. The summed E-state index contributed by atoms with van der Waals surface area (Å²) in [5.74, 6) is -0.261. The van der Waals surface area contributed by atoms with Crippen LogP contribution in [0.5, 0.6) is 5.88 Å². The highest BCUT2D eigenvalue weighted by Crippen LogP contribution is 2.24. The molecule has 0 fully saturated rings. The molecule has 1 heterocycles. The molecule has 1 amide bonds. The van der Waals surface area contributed by atoms with E-state index in [-0.39, 0.29) is 18.3 Å². The van der Waals surface area contributed by atoms with E-state index in [1.165, 1.54) is 12.1 Å². The largest absolute Gasteiger partial charge is 0.466 e. The number of para-hydroxylation sites is 1. The highest BCUT2D eigenvalue weighted by Gasteiger charge is 2.11. The van der Waals surface area contributed by atoms with Gasteiger partial charge in [-0.2, -0.15) is 0 Å². The molecular weight excluding hydrogens is 389 g/mol. The topological polar surface area (TPSA) is 56.1 Å². The van der Waals surface area contributed by atoms with Crippen LogP contribution in [0.1, 0.15) is 5.56 Å². The smallest absolute Gasteiger partial charge is 0.258 e. The fourth-order valence-corrected chi connectivity index (χ4v) is 2.52. The summed E-state index contributed by atoms with van der Waals surface area (Å²) in [6.07, 6.45) is 1.76. The van der Waals surface area contributed by atoms with Crippen molar-refractivity contribution < 1.29 is 13.9 Å². The van der Waals surface area contributed by atoms with Gasteiger partial charge in [0.1, 0.15) is 5.82 Å². The first kappa shape index (κ1) is 17.2. The third-order valence-electron chi connectivity index (χ3n) is 3.40. The fraction of sp³-hybridized carbons (Fsp3) is 0.111. The Morgan fingerprint density at radius 2 is 1.88 bits per heavy atom. The molecule has 3 aromatic rings. The quantitative estimate of drug-likeness (QED) is 0.685. The van der Waals surface area contributed by atoms with E-state index < -0.39 is 0 Å². The van der Waals surface area contributed by atoms with Gasteiger partial charge in [0, 0.05) is 12.7 Å². The van der Waals surface area contributed by atoms with E-state index in [1.54, 1.807) is 23.0 Å². The summed E-state index contributed by atoms with van der Waals surface area (Å²) < 4.78 is 20.6. The Hall–Kier alpha value is -2.67. The summed E-state index contributed by atoms with van der Waals surface area (Å²) >= 11 is 3.37. The van der Waals surface area contributed by atoms with Crippen molar-refractivity contribution >= 4 is 21.8 Å². The molecule has 0 bridgehead atoms. The average Bonchev–Trinajstić information content (AvgIpc) is 3.01. The highest BCUT2D eigenvalue weighted by molar-refractivity contribution is 9.10. The Morgan fingerprint density at radius 1 is 1.16 bits per heavy atom. The van der Waals surface area contributed by atoms with Crippen LogP contribution in [0.15, 0.2) is 65.3 Å². The number of carbonyl (C=O) groups is 1. The molecule has 0 aliphatic rings. The van der Waals surface area contributed by atoms with E-state index in [9.17, 15) is 9.18 Å². The van der Waals surface area contributed by atoms with E-state index in [0.717, 1.165) is 11.3 Å². The summed E-state index contributed by atoms with van der Waals surface area (Å²) in [4.78, 5) is 11.9. The molecule has 0 atom stereocenters. The van der Waals surface area contributed by atoms with Crippen molar-refractivity contribution in [2.24, 2.45) is 0 Å². The van der Waals surface area contributed by atoms with Crippen LogP contribution in [0.25, 0.3) is 5.69 Å². The van der Waals surface area contributed by atoms with Gasteiger partial charge in [-0.25, -0.2) is 9.07 Å². The van der Waals surface area contributed by atoms with Crippen molar-refractivity contribution in [1.82, 2.24) is 15.1 Å². The Morgan fingerprint density at radius 3 is 2.60 bits per heavy atom. The lowest BCUT2D eigenvalue weighted by Gasteiger charge is -2.06. The average molecular weight is 404 g/mol. The number of hydrogen-bond donors (Lipinski definition) is 1. The summed E-state index contributed by atoms with van der Waals surface area (Å²) in [7, 11) is 0. The summed E-state index contributed by atoms with van der Waals surface area (Å²) in [5.41, 5.74) is 1.70. The number of carbonyl (C=O) groups excluding carboxylic acids is 1. The molecule has 2 aromatic carbocycles. The Labute approximate surface area is 152 Å². The molecule has 0 saturated heterocycles. The number of ether oxygens (including phenoxy) is 1. The number of benzene rings is 2. The summed E-state index contributed by atoms with van der Waals surface area (Å²) in [6, 6.07) is 15.5. The van der Waals surface area contributed by atoms with Gasteiger partial charge in [0.2, 0.25) is 5.88 Å². The number of rotatable bonds is 6. The number of nitrogens with one attached hydrogen (secondary N) is 1. The lowest BCUT2D eigenvalue weighted by molar-refractivity contribution is -0.123. The second-order valence-electron chi connectivity index (χ2n) is 5.25. The van der Waals surface area contributed by atoms with Crippen LogP contribution in [-0.2, 0) is 11.3 Å². The Kier molecular flexibility index (Phi) is 5.45. The van der Waals surface area contributed by atoms with Crippen molar-refractivity contribution in [3.63, 3.8) is 0 Å². The van der Waals surface area contributed by atoms with E-state index >= 15 is 0 Å². The number of nitrogens with zero attached hydrogens (tertiary/aromatic N) is 2. The van der Waals surface area contributed by atoms with Crippen LogP contribution >= 0.6 is 15.9 Å². The van der Waals surface area contributed by atoms with Crippen LogP contribution < -0.4 is 10.1 Å². The van der Waals surface area contributed by atoms with Gasteiger partial charge < -0.3 is 10.1 Å². The summed E-state index contributed by atoms with van der Waals surface area (Å²) in [6.45, 7) is 0.147. The molecule has 25 heavy (non-hydrogen) atoms. The van der Waals surface area contributed by atoms with Gasteiger partial charge in [-0.05, 0) is 45.8 Å². The van der Waals surface area contributed by atoms with E-state index in [1.807, 2.05) is 30.3 Å². The maximum Gasteiger partial charge on any atom is 0.258 e. The third-order valence-corrected chi connectivity index (χ3v) is 3.95. The Bertz CT molecular complexity index is 851. The van der Waals surface area contributed by atoms with Gasteiger partial charge in [-0.3, -0.25) is 4.79 Å². The normalized spacial score (nSPS) is 10.5. The molecule has 5 nitrogen and oxygen atoms in total. The molecule has 3 rings (SSSR count). The van der Waals surface area contributed by atoms with E-state index in [4.69, 9.17) is 4.74 Å². The minimum atomic E-state index is -0.308. The Balaban J connectivity index is 1.53. The van der Waals surface area contributed by atoms with Crippen LogP contribution in [0.2, 0.25) is 0 Å². The van der Waals surface area contributed by atoms with Gasteiger partial charge in [-0.1, -0.05) is 30.3 Å². The van der Waals surface area contributed by atoms with Crippen molar-refractivity contribution in [2.45, 2.75) is 6.54 Å².